The van der Waals surface area contributed by atoms with E-state index in [1.807, 2.05) is 7.05 Å². The molecule has 114 valence electrons. The fraction of sp³-hybridized carbons (Fsp3) is 0.667. The van der Waals surface area contributed by atoms with Crippen molar-refractivity contribution in [1.29, 1.82) is 0 Å². The van der Waals surface area contributed by atoms with Crippen molar-refractivity contribution in [1.82, 2.24) is 5.32 Å². The molecule has 0 spiro atoms. The van der Waals surface area contributed by atoms with Crippen molar-refractivity contribution in [2.24, 2.45) is 5.41 Å². The largest absolute Gasteiger partial charge is 0.376 e. The molecule has 0 aromatic heterocycles. The summed E-state index contributed by atoms with van der Waals surface area (Å²) in [6, 6.07) is 9.20. The first-order valence-corrected chi connectivity index (χ1v) is 7.81. The summed E-state index contributed by atoms with van der Waals surface area (Å²) in [5.74, 6) is 0. The molecule has 2 atom stereocenters. The summed E-state index contributed by atoms with van der Waals surface area (Å²) < 4.78 is 6.03. The Bertz CT molecular complexity index is 377. The molecule has 0 fully saturated rings. The first kappa shape index (κ1) is 17.2. The fourth-order valence-electron chi connectivity index (χ4n) is 2.70. The van der Waals surface area contributed by atoms with Gasteiger partial charge < -0.3 is 10.1 Å². The molecule has 2 heteroatoms. The Morgan fingerprint density at radius 2 is 1.70 bits per heavy atom. The van der Waals surface area contributed by atoms with Gasteiger partial charge in [0.25, 0.3) is 0 Å². The fourth-order valence-corrected chi connectivity index (χ4v) is 2.70. The van der Waals surface area contributed by atoms with Crippen molar-refractivity contribution in [2.45, 2.75) is 59.6 Å². The number of rotatable bonds is 7. The summed E-state index contributed by atoms with van der Waals surface area (Å²) in [5.41, 5.74) is 2.82. The average Bonchev–Trinajstić information content (AvgIpc) is 2.39. The lowest BCUT2D eigenvalue weighted by Gasteiger charge is -2.37. The van der Waals surface area contributed by atoms with Crippen molar-refractivity contribution in [2.75, 3.05) is 13.7 Å². The molecule has 0 heterocycles. The highest BCUT2D eigenvalue weighted by molar-refractivity contribution is 5.26. The topological polar surface area (TPSA) is 21.3 Å². The predicted molar refractivity (Wildman–Crippen MR) is 87.1 cm³/mol. The summed E-state index contributed by atoms with van der Waals surface area (Å²) in [5, 5.41) is 3.44. The van der Waals surface area contributed by atoms with E-state index >= 15 is 0 Å². The highest BCUT2D eigenvalue weighted by atomic mass is 16.5. The van der Waals surface area contributed by atoms with Crippen LogP contribution in [0.4, 0.5) is 0 Å². The van der Waals surface area contributed by atoms with E-state index in [0.29, 0.717) is 0 Å². The van der Waals surface area contributed by atoms with Gasteiger partial charge in [-0.1, -0.05) is 58.4 Å². The summed E-state index contributed by atoms with van der Waals surface area (Å²) in [4.78, 5) is 0. The molecule has 2 nitrogen and oxygen atoms in total. The highest BCUT2D eigenvalue weighted by Gasteiger charge is 2.33. The van der Waals surface area contributed by atoms with Gasteiger partial charge in [0.05, 0.1) is 12.1 Å². The molecule has 0 amide bonds. The summed E-state index contributed by atoms with van der Waals surface area (Å²) in [6.45, 7) is 11.7. The maximum absolute atomic E-state index is 6.03. The van der Waals surface area contributed by atoms with E-state index in [-0.39, 0.29) is 17.6 Å². The van der Waals surface area contributed by atoms with Crippen molar-refractivity contribution in [3.05, 3.63) is 35.4 Å². The number of likely N-dealkylation sites (N-methyl/N-ethyl adjacent to an activating group) is 1. The molecule has 0 aliphatic rings. The standard InChI is InChI=1S/C18H31NO/c1-7-9-14-10-12-15(13-11-14)16(19-6)17(20-8-2)18(3,4)5/h10-13,16-17,19H,7-9H2,1-6H3. The van der Waals surface area contributed by atoms with Crippen molar-refractivity contribution < 1.29 is 4.74 Å². The molecule has 0 aliphatic carbocycles. The minimum atomic E-state index is 0.103. The molecular formula is C18H31NO. The zero-order valence-electron chi connectivity index (χ0n) is 14.0. The summed E-state index contributed by atoms with van der Waals surface area (Å²) in [6.07, 6.45) is 2.51. The number of hydrogen-bond donors (Lipinski definition) is 1. The van der Waals surface area contributed by atoms with E-state index in [1.165, 1.54) is 17.5 Å². The predicted octanol–water partition coefficient (Wildman–Crippen LogP) is 4.35. The average molecular weight is 277 g/mol. The van der Waals surface area contributed by atoms with E-state index in [9.17, 15) is 0 Å². The van der Waals surface area contributed by atoms with Crippen molar-refractivity contribution in [3.8, 4) is 0 Å². The first-order valence-electron chi connectivity index (χ1n) is 7.81. The second-order valence-corrected chi connectivity index (χ2v) is 6.50. The Balaban J connectivity index is 2.97. The van der Waals surface area contributed by atoms with Crippen molar-refractivity contribution in [3.63, 3.8) is 0 Å². The Labute approximate surface area is 124 Å². The molecule has 1 aromatic rings. The maximum atomic E-state index is 6.03. The number of aryl methyl sites for hydroxylation is 1. The van der Waals surface area contributed by atoms with Gasteiger partial charge in [-0.25, -0.2) is 0 Å². The monoisotopic (exact) mass is 277 g/mol. The molecule has 1 N–H and O–H groups in total. The Morgan fingerprint density at radius 3 is 2.10 bits per heavy atom. The van der Waals surface area contributed by atoms with Gasteiger partial charge in [0.1, 0.15) is 0 Å². The summed E-state index contributed by atoms with van der Waals surface area (Å²) in [7, 11) is 2.02. The van der Waals surface area contributed by atoms with E-state index in [2.05, 4.69) is 64.2 Å². The minimum absolute atomic E-state index is 0.103. The number of hydrogen-bond acceptors (Lipinski definition) is 2. The van der Waals surface area contributed by atoms with Crippen LogP contribution in [0.5, 0.6) is 0 Å². The van der Waals surface area contributed by atoms with Crippen LogP contribution in [0.1, 0.15) is 58.2 Å². The van der Waals surface area contributed by atoms with Gasteiger partial charge in [0.2, 0.25) is 0 Å². The molecule has 0 saturated heterocycles. The zero-order valence-corrected chi connectivity index (χ0v) is 14.0. The van der Waals surface area contributed by atoms with Crippen LogP contribution in [0, 0.1) is 5.41 Å². The second kappa shape index (κ2) is 7.80. The van der Waals surface area contributed by atoms with Gasteiger partial charge in [0, 0.05) is 6.61 Å². The van der Waals surface area contributed by atoms with Crippen molar-refractivity contribution >= 4 is 0 Å². The van der Waals surface area contributed by atoms with Gasteiger partial charge in [-0.15, -0.1) is 0 Å². The Hall–Kier alpha value is -0.860. The van der Waals surface area contributed by atoms with Gasteiger partial charge in [-0.2, -0.15) is 0 Å². The smallest absolute Gasteiger partial charge is 0.0817 e. The van der Waals surface area contributed by atoms with Gasteiger partial charge in [-0.3, -0.25) is 0 Å². The highest BCUT2D eigenvalue weighted by Crippen LogP contribution is 2.32. The van der Waals surface area contributed by atoms with Crippen LogP contribution in [0.3, 0.4) is 0 Å². The number of nitrogens with one attached hydrogen (secondary N) is 1. The van der Waals surface area contributed by atoms with Crippen LogP contribution in [-0.4, -0.2) is 19.8 Å². The molecule has 2 unspecified atom stereocenters. The molecule has 0 radical (unpaired) electrons. The Morgan fingerprint density at radius 1 is 1.10 bits per heavy atom. The SMILES string of the molecule is CCCc1ccc(C(NC)C(OCC)C(C)(C)C)cc1. The lowest BCUT2D eigenvalue weighted by molar-refractivity contribution is -0.0350. The first-order chi connectivity index (χ1) is 9.43. The molecular weight excluding hydrogens is 246 g/mol. The van der Waals surface area contributed by atoms with Gasteiger partial charge in [-0.05, 0) is 36.9 Å². The van der Waals surface area contributed by atoms with Crippen LogP contribution < -0.4 is 5.32 Å². The second-order valence-electron chi connectivity index (χ2n) is 6.50. The molecule has 0 aliphatic heterocycles. The third kappa shape index (κ3) is 4.60. The van der Waals surface area contributed by atoms with E-state index < -0.39 is 0 Å². The van der Waals surface area contributed by atoms with Crippen LogP contribution >= 0.6 is 0 Å². The van der Waals surface area contributed by atoms with Gasteiger partial charge in [0.15, 0.2) is 0 Å². The summed E-state index contributed by atoms with van der Waals surface area (Å²) >= 11 is 0. The van der Waals surface area contributed by atoms with Crippen LogP contribution in [0.2, 0.25) is 0 Å². The number of benzene rings is 1. The lowest BCUT2D eigenvalue weighted by atomic mass is 9.82. The van der Waals surface area contributed by atoms with E-state index in [1.54, 1.807) is 0 Å². The number of ether oxygens (including phenoxy) is 1. The van der Waals surface area contributed by atoms with Crippen LogP contribution in [0.15, 0.2) is 24.3 Å². The van der Waals surface area contributed by atoms with Crippen LogP contribution in [-0.2, 0) is 11.2 Å². The molecule has 1 aromatic carbocycles. The van der Waals surface area contributed by atoms with Gasteiger partial charge >= 0.3 is 0 Å². The molecule has 0 bridgehead atoms. The van der Waals surface area contributed by atoms with Crippen LogP contribution in [0.25, 0.3) is 0 Å². The lowest BCUT2D eigenvalue weighted by Crippen LogP contribution is -2.41. The molecule has 0 saturated carbocycles. The quantitative estimate of drug-likeness (QED) is 0.800. The molecule has 1 rings (SSSR count). The van der Waals surface area contributed by atoms with E-state index in [0.717, 1.165) is 13.0 Å². The third-order valence-electron chi connectivity index (χ3n) is 3.69. The zero-order chi connectivity index (χ0) is 15.2. The Kier molecular flexibility index (Phi) is 6.70. The minimum Gasteiger partial charge on any atom is -0.376 e. The molecule has 20 heavy (non-hydrogen) atoms. The normalized spacial score (nSPS) is 15.1. The third-order valence-corrected chi connectivity index (χ3v) is 3.69. The van der Waals surface area contributed by atoms with E-state index in [4.69, 9.17) is 4.74 Å². The maximum Gasteiger partial charge on any atom is 0.0817 e.